The molecule has 0 amide bonds. The lowest BCUT2D eigenvalue weighted by molar-refractivity contribution is 0.0519. The zero-order valence-electron chi connectivity index (χ0n) is 14.9. The van der Waals surface area contributed by atoms with Crippen molar-refractivity contribution in [2.45, 2.75) is 58.3 Å². The Labute approximate surface area is 149 Å². The Morgan fingerprint density at radius 2 is 2.21 bits per heavy atom. The van der Waals surface area contributed by atoms with Crippen LogP contribution in [0.15, 0.2) is 23.3 Å². The predicted octanol–water partition coefficient (Wildman–Crippen LogP) is 3.96. The van der Waals surface area contributed by atoms with E-state index in [9.17, 15) is 5.26 Å². The Morgan fingerprint density at radius 3 is 2.83 bits per heavy atom. The summed E-state index contributed by atoms with van der Waals surface area (Å²) in [6.45, 7) is 6.54. The summed E-state index contributed by atoms with van der Waals surface area (Å²) in [6, 6.07) is 9.83. The first-order valence-corrected chi connectivity index (χ1v) is 9.95. The number of benzene rings is 1. The molecule has 0 spiro atoms. The van der Waals surface area contributed by atoms with Gasteiger partial charge in [-0.05, 0) is 44.1 Å². The van der Waals surface area contributed by atoms with E-state index in [1.54, 1.807) is 11.8 Å². The highest BCUT2D eigenvalue weighted by atomic mass is 32.2. The number of fused-ring (bicyclic) bond motifs is 1. The quantitative estimate of drug-likeness (QED) is 0.903. The molecule has 0 bridgehead atoms. The van der Waals surface area contributed by atoms with Crippen LogP contribution in [0.25, 0.3) is 0 Å². The number of hydrazone groups is 1. The minimum absolute atomic E-state index is 0.00606. The molecule has 4 unspecified atom stereocenters. The Hall–Kier alpha value is -1.51. The Kier molecular flexibility index (Phi) is 5.17. The van der Waals surface area contributed by atoms with Gasteiger partial charge >= 0.3 is 0 Å². The topological polar surface area (TPSA) is 51.4 Å². The first-order valence-electron chi connectivity index (χ1n) is 8.72. The molecule has 1 saturated heterocycles. The van der Waals surface area contributed by atoms with E-state index < -0.39 is 0 Å². The number of hydrogen-bond donors (Lipinski definition) is 1. The third-order valence-electron chi connectivity index (χ3n) is 5.08. The van der Waals surface area contributed by atoms with Gasteiger partial charge in [-0.3, -0.25) is 10.3 Å². The first kappa shape index (κ1) is 17.3. The zero-order valence-corrected chi connectivity index (χ0v) is 15.7. The molecule has 1 fully saturated rings. The van der Waals surface area contributed by atoms with Crippen LogP contribution in [0.4, 0.5) is 0 Å². The van der Waals surface area contributed by atoms with Crippen LogP contribution in [0.5, 0.6) is 0 Å². The van der Waals surface area contributed by atoms with Crippen LogP contribution in [0.3, 0.4) is 0 Å². The van der Waals surface area contributed by atoms with Gasteiger partial charge in [-0.15, -0.1) is 11.8 Å². The van der Waals surface area contributed by atoms with Crippen molar-refractivity contribution in [2.75, 3.05) is 6.26 Å². The van der Waals surface area contributed by atoms with Gasteiger partial charge in [0.15, 0.2) is 0 Å². The van der Waals surface area contributed by atoms with Crippen LogP contribution < -0.4 is 5.32 Å². The van der Waals surface area contributed by atoms with Crippen molar-refractivity contribution in [1.29, 1.82) is 5.26 Å². The highest BCUT2D eigenvalue weighted by molar-refractivity contribution is 8.13. The van der Waals surface area contributed by atoms with Gasteiger partial charge in [-0.25, -0.2) is 0 Å². The van der Waals surface area contributed by atoms with Crippen molar-refractivity contribution in [2.24, 2.45) is 11.0 Å². The fourth-order valence-electron chi connectivity index (χ4n) is 3.96. The lowest BCUT2D eigenvalue weighted by atomic mass is 9.89. The molecule has 0 aromatic heterocycles. The first-order chi connectivity index (χ1) is 11.6. The Bertz CT molecular complexity index is 678. The molecule has 4 nitrogen and oxygen atoms in total. The van der Waals surface area contributed by atoms with Crippen molar-refractivity contribution in [3.8, 4) is 6.07 Å². The maximum Gasteiger partial charge on any atom is 0.131 e. The maximum absolute atomic E-state index is 9.66. The molecule has 0 saturated carbocycles. The normalized spacial score (nSPS) is 29.1. The van der Waals surface area contributed by atoms with E-state index in [1.807, 2.05) is 6.26 Å². The van der Waals surface area contributed by atoms with E-state index in [1.165, 1.54) is 16.7 Å². The van der Waals surface area contributed by atoms with E-state index in [0.29, 0.717) is 6.04 Å². The average Bonchev–Trinajstić information content (AvgIpc) is 2.92. The van der Waals surface area contributed by atoms with E-state index in [4.69, 9.17) is 5.10 Å². The van der Waals surface area contributed by atoms with Crippen molar-refractivity contribution in [1.82, 2.24) is 10.3 Å². The van der Waals surface area contributed by atoms with Crippen LogP contribution in [0, 0.1) is 31.1 Å². The summed E-state index contributed by atoms with van der Waals surface area (Å²) in [6.07, 6.45) is 5.33. The van der Waals surface area contributed by atoms with Crippen LogP contribution in [0.2, 0.25) is 0 Å². The van der Waals surface area contributed by atoms with Gasteiger partial charge < -0.3 is 0 Å². The lowest BCUT2D eigenvalue weighted by Gasteiger charge is -2.43. The third-order valence-corrected chi connectivity index (χ3v) is 5.84. The monoisotopic (exact) mass is 342 g/mol. The molecular weight excluding hydrogens is 316 g/mol. The second-order valence-corrected chi connectivity index (χ2v) is 7.66. The van der Waals surface area contributed by atoms with Gasteiger partial charge in [-0.1, -0.05) is 37.1 Å². The van der Waals surface area contributed by atoms with E-state index in [-0.39, 0.29) is 18.1 Å². The van der Waals surface area contributed by atoms with E-state index >= 15 is 0 Å². The molecule has 1 N–H and O–H groups in total. The standard InChI is InChI=1S/C19H26N4S/c1-5-6-14-10-17(15-8-7-12(2)9-13(15)3)23-18(21-14)16(11-20)19(22-23)24-4/h7-9,14,16-18,21H,5-6,10H2,1-4H3. The number of nitrogens with zero attached hydrogens (tertiary/aromatic N) is 3. The smallest absolute Gasteiger partial charge is 0.131 e. The highest BCUT2D eigenvalue weighted by Gasteiger charge is 2.45. The Morgan fingerprint density at radius 1 is 1.42 bits per heavy atom. The van der Waals surface area contributed by atoms with Gasteiger partial charge in [0, 0.05) is 6.04 Å². The number of hydrogen-bond acceptors (Lipinski definition) is 5. The van der Waals surface area contributed by atoms with Crippen LogP contribution in [-0.2, 0) is 0 Å². The lowest BCUT2D eigenvalue weighted by Crippen LogP contribution is -2.55. The minimum Gasteiger partial charge on any atom is -0.292 e. The third kappa shape index (κ3) is 3.05. The summed E-state index contributed by atoms with van der Waals surface area (Å²) >= 11 is 1.60. The summed E-state index contributed by atoms with van der Waals surface area (Å²) < 4.78 is 0. The molecule has 0 aliphatic carbocycles. The molecule has 24 heavy (non-hydrogen) atoms. The highest BCUT2D eigenvalue weighted by Crippen LogP contribution is 2.40. The van der Waals surface area contributed by atoms with Crippen molar-refractivity contribution in [3.05, 3.63) is 34.9 Å². The summed E-state index contributed by atoms with van der Waals surface area (Å²) in [5, 5.41) is 21.3. The van der Waals surface area contributed by atoms with Crippen molar-refractivity contribution < 1.29 is 0 Å². The summed E-state index contributed by atoms with van der Waals surface area (Å²) in [7, 11) is 0. The zero-order chi connectivity index (χ0) is 17.3. The van der Waals surface area contributed by atoms with E-state index in [0.717, 1.165) is 24.3 Å². The van der Waals surface area contributed by atoms with Gasteiger partial charge in [-0.2, -0.15) is 10.4 Å². The van der Waals surface area contributed by atoms with Gasteiger partial charge in [0.05, 0.1) is 12.1 Å². The molecule has 1 aromatic rings. The van der Waals surface area contributed by atoms with E-state index in [2.05, 4.69) is 55.4 Å². The van der Waals surface area contributed by atoms with Gasteiger partial charge in [0.1, 0.15) is 17.1 Å². The number of aryl methyl sites for hydroxylation is 2. The molecule has 3 rings (SSSR count). The van der Waals surface area contributed by atoms with Crippen LogP contribution >= 0.6 is 11.8 Å². The molecule has 2 heterocycles. The summed E-state index contributed by atoms with van der Waals surface area (Å²) in [5.74, 6) is -0.173. The maximum atomic E-state index is 9.66. The molecule has 4 atom stereocenters. The minimum atomic E-state index is -0.173. The number of rotatable bonds is 3. The molecule has 128 valence electrons. The van der Waals surface area contributed by atoms with Crippen LogP contribution in [0.1, 0.15) is 48.9 Å². The average molecular weight is 343 g/mol. The molecular formula is C19H26N4S. The molecule has 2 aliphatic rings. The molecule has 1 aromatic carbocycles. The second kappa shape index (κ2) is 7.16. The predicted molar refractivity (Wildman–Crippen MR) is 101 cm³/mol. The second-order valence-electron chi connectivity index (χ2n) is 6.84. The van der Waals surface area contributed by atoms with Gasteiger partial charge in [0.2, 0.25) is 0 Å². The SMILES string of the molecule is CCCC1CC(c2ccc(C)cc2C)N2N=C(SC)C(C#N)C2N1. The van der Waals surface area contributed by atoms with Crippen LogP contribution in [-0.4, -0.2) is 28.5 Å². The summed E-state index contributed by atoms with van der Waals surface area (Å²) in [4.78, 5) is 0. The fraction of sp³-hybridized carbons (Fsp3) is 0.579. The largest absolute Gasteiger partial charge is 0.292 e. The fourth-order valence-corrected chi connectivity index (χ4v) is 4.57. The summed E-state index contributed by atoms with van der Waals surface area (Å²) in [5.41, 5.74) is 3.95. The van der Waals surface area contributed by atoms with Crippen molar-refractivity contribution >= 4 is 16.8 Å². The van der Waals surface area contributed by atoms with Gasteiger partial charge in [0.25, 0.3) is 0 Å². The molecule has 0 radical (unpaired) electrons. The van der Waals surface area contributed by atoms with Crippen molar-refractivity contribution in [3.63, 3.8) is 0 Å². The number of nitriles is 1. The molecule has 5 heteroatoms. The molecule has 2 aliphatic heterocycles. The number of thioether (sulfide) groups is 1. The number of nitrogens with one attached hydrogen (secondary N) is 1. The Balaban J connectivity index is 1.99.